The summed E-state index contributed by atoms with van der Waals surface area (Å²) in [4.78, 5) is 20.9. The van der Waals surface area contributed by atoms with Crippen molar-refractivity contribution in [2.24, 2.45) is 5.92 Å². The van der Waals surface area contributed by atoms with Gasteiger partial charge in [0, 0.05) is 34.9 Å². The second-order valence-corrected chi connectivity index (χ2v) is 10.1. The topological polar surface area (TPSA) is 98.7 Å². The van der Waals surface area contributed by atoms with Crippen LogP contribution in [0.2, 0.25) is 0 Å². The third-order valence-corrected chi connectivity index (χ3v) is 7.99. The summed E-state index contributed by atoms with van der Waals surface area (Å²) in [5, 5.41) is 23.5. The van der Waals surface area contributed by atoms with Gasteiger partial charge < -0.3 is 14.8 Å². The molecule has 0 bridgehead atoms. The van der Waals surface area contributed by atoms with Crippen molar-refractivity contribution >= 4 is 22.0 Å². The fourth-order valence-electron chi connectivity index (χ4n) is 5.66. The minimum Gasteiger partial charge on any atom is -0.432 e. The van der Waals surface area contributed by atoms with Crippen molar-refractivity contribution in [3.63, 3.8) is 0 Å². The molecule has 3 atom stereocenters. The van der Waals surface area contributed by atoms with Crippen LogP contribution in [-0.2, 0) is 17.6 Å². The Morgan fingerprint density at radius 3 is 2.84 bits per heavy atom. The number of aryl methyl sites for hydroxylation is 2. The normalized spacial score (nSPS) is 24.5. The molecule has 2 fully saturated rings. The van der Waals surface area contributed by atoms with E-state index in [0.29, 0.717) is 19.8 Å². The van der Waals surface area contributed by atoms with Gasteiger partial charge in [0.25, 0.3) is 0 Å². The highest BCUT2D eigenvalue weighted by Crippen LogP contribution is 2.41. The molecule has 2 aliphatic heterocycles. The number of carbonyl (C=O) groups is 1. The van der Waals surface area contributed by atoms with Gasteiger partial charge in [0.15, 0.2) is 6.04 Å². The molecule has 3 N–H and O–H groups in total. The van der Waals surface area contributed by atoms with Crippen LogP contribution in [-0.4, -0.2) is 61.9 Å². The van der Waals surface area contributed by atoms with E-state index in [2.05, 4.69) is 33.0 Å². The number of rotatable bonds is 4. The Morgan fingerprint density at radius 2 is 2.09 bits per heavy atom. The molecule has 0 radical (unpaired) electrons. The molecular weight excluding hydrogens is 476 g/mol. The molecule has 8 nitrogen and oxygen atoms in total. The lowest BCUT2D eigenvalue weighted by molar-refractivity contribution is -1.15. The SMILES string of the molecule is CC(C1CCOCC1)[N+](O)(C(=O)O)N1CCCC1c1nc2c([nH]1)CCc1cc(Br)ccc1-2. The molecule has 1 aromatic heterocycles. The van der Waals surface area contributed by atoms with Gasteiger partial charge in [0.2, 0.25) is 0 Å². The van der Waals surface area contributed by atoms with Crippen LogP contribution in [0, 0.1) is 5.92 Å². The number of fused-ring (bicyclic) bond motifs is 3. The lowest BCUT2D eigenvalue weighted by Gasteiger charge is -2.42. The average Bonchev–Trinajstić information content (AvgIpc) is 3.45. The third-order valence-electron chi connectivity index (χ3n) is 7.49. The maximum atomic E-state index is 12.5. The van der Waals surface area contributed by atoms with Crippen LogP contribution >= 0.6 is 15.9 Å². The predicted octanol–water partition coefficient (Wildman–Crippen LogP) is 4.69. The third kappa shape index (κ3) is 3.60. The molecule has 0 spiro atoms. The molecule has 3 aliphatic rings. The first-order chi connectivity index (χ1) is 15.4. The first kappa shape index (κ1) is 22.0. The summed E-state index contributed by atoms with van der Waals surface area (Å²) < 4.78 is 5.42. The quantitative estimate of drug-likeness (QED) is 0.316. The van der Waals surface area contributed by atoms with Crippen LogP contribution < -0.4 is 0 Å². The van der Waals surface area contributed by atoms with E-state index >= 15 is 0 Å². The first-order valence-corrected chi connectivity index (χ1v) is 12.3. The van der Waals surface area contributed by atoms with Crippen molar-refractivity contribution in [1.82, 2.24) is 15.0 Å². The minimum absolute atomic E-state index is 0.0845. The van der Waals surface area contributed by atoms with Gasteiger partial charge in [-0.2, -0.15) is 10.0 Å². The molecule has 5 rings (SSSR count). The van der Waals surface area contributed by atoms with E-state index in [-0.39, 0.29) is 12.0 Å². The minimum atomic E-state index is -1.23. The second-order valence-electron chi connectivity index (χ2n) is 9.19. The highest BCUT2D eigenvalue weighted by atomic mass is 79.9. The number of amides is 1. The van der Waals surface area contributed by atoms with Crippen LogP contribution in [0.1, 0.15) is 55.7 Å². The monoisotopic (exact) mass is 505 g/mol. The van der Waals surface area contributed by atoms with Crippen LogP contribution in [0.5, 0.6) is 0 Å². The summed E-state index contributed by atoms with van der Waals surface area (Å²) in [6.45, 7) is 3.58. The Morgan fingerprint density at radius 1 is 1.31 bits per heavy atom. The molecule has 3 heterocycles. The van der Waals surface area contributed by atoms with Crippen molar-refractivity contribution in [2.45, 2.75) is 57.5 Å². The van der Waals surface area contributed by atoms with Gasteiger partial charge in [-0.1, -0.05) is 22.0 Å². The Balaban J connectivity index is 1.48. The van der Waals surface area contributed by atoms with E-state index in [1.165, 1.54) is 5.56 Å². The number of nitrogens with one attached hydrogen (secondary N) is 1. The summed E-state index contributed by atoms with van der Waals surface area (Å²) in [5.74, 6) is 0.835. The maximum absolute atomic E-state index is 12.5. The summed E-state index contributed by atoms with van der Waals surface area (Å²) in [7, 11) is 0. The fourth-order valence-corrected chi connectivity index (χ4v) is 6.06. The molecule has 1 aromatic carbocycles. The molecule has 0 saturated carbocycles. The molecule has 172 valence electrons. The highest BCUT2D eigenvalue weighted by Gasteiger charge is 2.56. The van der Waals surface area contributed by atoms with Gasteiger partial charge in [-0.3, -0.25) is 0 Å². The fraction of sp³-hybridized carbons (Fsp3) is 0.565. The number of imidazole rings is 1. The lowest BCUT2D eigenvalue weighted by atomic mass is 9.92. The Labute approximate surface area is 195 Å². The Bertz CT molecular complexity index is 1020. The van der Waals surface area contributed by atoms with Crippen molar-refractivity contribution in [2.75, 3.05) is 19.8 Å². The van der Waals surface area contributed by atoms with E-state index in [9.17, 15) is 15.1 Å². The lowest BCUT2D eigenvalue weighted by Crippen LogP contribution is -2.67. The number of ether oxygens (including phenoxy) is 1. The van der Waals surface area contributed by atoms with E-state index < -0.39 is 16.9 Å². The van der Waals surface area contributed by atoms with Gasteiger partial charge in [-0.25, -0.2) is 4.98 Å². The average molecular weight is 506 g/mol. The molecule has 1 aliphatic carbocycles. The number of hydroxylamine groups is 2. The number of hydrogen-bond acceptors (Lipinski definition) is 5. The Kier molecular flexibility index (Phi) is 5.88. The summed E-state index contributed by atoms with van der Waals surface area (Å²) >= 11 is 3.55. The number of halogens is 1. The molecule has 3 unspecified atom stereocenters. The van der Waals surface area contributed by atoms with E-state index in [1.807, 2.05) is 13.0 Å². The zero-order valence-corrected chi connectivity index (χ0v) is 19.8. The number of benzene rings is 1. The number of aromatic amines is 1. The van der Waals surface area contributed by atoms with E-state index in [4.69, 9.17) is 9.72 Å². The van der Waals surface area contributed by atoms with Gasteiger partial charge in [-0.05, 0) is 67.9 Å². The maximum Gasteiger partial charge on any atom is 0.568 e. The highest BCUT2D eigenvalue weighted by molar-refractivity contribution is 9.10. The van der Waals surface area contributed by atoms with Gasteiger partial charge >= 0.3 is 6.09 Å². The van der Waals surface area contributed by atoms with Crippen molar-refractivity contribution < 1.29 is 24.6 Å². The molecular formula is C23H30BrN4O4+. The molecule has 2 aromatic rings. The van der Waals surface area contributed by atoms with Crippen LogP contribution in [0.4, 0.5) is 4.79 Å². The van der Waals surface area contributed by atoms with Crippen LogP contribution in [0.3, 0.4) is 0 Å². The van der Waals surface area contributed by atoms with Gasteiger partial charge in [0.1, 0.15) is 11.9 Å². The second kappa shape index (κ2) is 8.53. The summed E-state index contributed by atoms with van der Waals surface area (Å²) in [5.41, 5.74) is 4.43. The Hall–Kier alpha value is -1.78. The number of hydrogen-bond donors (Lipinski definition) is 3. The number of carboxylic acid groups (broad SMARTS) is 1. The van der Waals surface area contributed by atoms with Crippen LogP contribution in [0.15, 0.2) is 22.7 Å². The summed E-state index contributed by atoms with van der Waals surface area (Å²) in [6, 6.07) is 5.51. The van der Waals surface area contributed by atoms with E-state index in [1.54, 1.807) is 5.01 Å². The van der Waals surface area contributed by atoms with Crippen LogP contribution in [0.25, 0.3) is 11.3 Å². The number of aromatic nitrogens is 2. The smallest absolute Gasteiger partial charge is 0.432 e. The molecule has 1 amide bonds. The number of H-pyrrole nitrogens is 1. The largest absolute Gasteiger partial charge is 0.568 e. The standard InChI is InChI=1S/C23H29BrN4O4/c1-14(15-8-11-32-12-9-15)28(31,23(29)30)27-10-2-3-20(27)22-25-19-7-4-16-13-17(24)5-6-18(16)21(19)26-22/h5-6,13-15,20,31H,2-4,7-12H2,1H3,(H-,25,26,29,30)/p+1. The molecule has 9 heteroatoms. The van der Waals surface area contributed by atoms with E-state index in [0.717, 1.165) is 65.8 Å². The summed E-state index contributed by atoms with van der Waals surface area (Å²) in [6.07, 6.45) is 3.66. The number of nitrogens with zero attached hydrogens (tertiary/aromatic N) is 3. The molecule has 2 saturated heterocycles. The van der Waals surface area contributed by atoms with Gasteiger partial charge in [0.05, 0.1) is 12.2 Å². The molecule has 32 heavy (non-hydrogen) atoms. The predicted molar refractivity (Wildman–Crippen MR) is 121 cm³/mol. The zero-order chi connectivity index (χ0) is 22.5. The van der Waals surface area contributed by atoms with Crippen molar-refractivity contribution in [1.29, 1.82) is 0 Å². The number of quaternary nitrogens is 1. The van der Waals surface area contributed by atoms with Crippen molar-refractivity contribution in [3.8, 4) is 11.3 Å². The first-order valence-electron chi connectivity index (χ1n) is 11.5. The van der Waals surface area contributed by atoms with Crippen molar-refractivity contribution in [3.05, 3.63) is 39.8 Å². The van der Waals surface area contributed by atoms with Gasteiger partial charge in [-0.15, -0.1) is 5.01 Å². The zero-order valence-electron chi connectivity index (χ0n) is 18.3.